The number of thiazole rings is 1. The van der Waals surface area contributed by atoms with Gasteiger partial charge >= 0.3 is 0 Å². The second-order valence-electron chi connectivity index (χ2n) is 4.41. The lowest BCUT2D eigenvalue weighted by molar-refractivity contribution is 0.101. The van der Waals surface area contributed by atoms with Crippen LogP contribution in [0, 0.1) is 0 Å². The van der Waals surface area contributed by atoms with Crippen LogP contribution in [-0.4, -0.2) is 28.3 Å². The number of rotatable bonds is 4. The van der Waals surface area contributed by atoms with Gasteiger partial charge in [-0.15, -0.1) is 11.3 Å². The van der Waals surface area contributed by atoms with Crippen LogP contribution >= 0.6 is 11.3 Å². The molecule has 3 aromatic rings. The van der Waals surface area contributed by atoms with Gasteiger partial charge in [-0.25, -0.2) is 4.98 Å². The number of hydrogen-bond acceptors (Lipinski definition) is 4. The monoisotopic (exact) mass is 294 g/mol. The summed E-state index contributed by atoms with van der Waals surface area (Å²) in [6.07, 6.45) is 5.33. The van der Waals surface area contributed by atoms with E-state index in [0.29, 0.717) is 23.0 Å². The topological polar surface area (TPSA) is 59.8 Å². The Hall–Kier alpha value is -2.41. The SMILES string of the molecule is [B]c1csc(NC(=O)c2cccn2Cc2ccncc2)n1. The zero-order valence-electron chi connectivity index (χ0n) is 11.1. The van der Waals surface area contributed by atoms with E-state index in [9.17, 15) is 4.79 Å². The van der Waals surface area contributed by atoms with Crippen molar-refractivity contribution in [3.05, 3.63) is 59.5 Å². The van der Waals surface area contributed by atoms with Crippen LogP contribution in [0.4, 0.5) is 5.13 Å². The molecule has 3 rings (SSSR count). The molecule has 3 aromatic heterocycles. The van der Waals surface area contributed by atoms with Crippen LogP contribution in [0.5, 0.6) is 0 Å². The summed E-state index contributed by atoms with van der Waals surface area (Å²) in [6, 6.07) is 7.45. The molecule has 0 aliphatic carbocycles. The number of aromatic nitrogens is 3. The number of pyridine rings is 1. The van der Waals surface area contributed by atoms with Crippen LogP contribution in [0.1, 0.15) is 16.1 Å². The molecule has 1 N–H and O–H groups in total. The van der Waals surface area contributed by atoms with E-state index >= 15 is 0 Å². The molecule has 0 unspecified atom stereocenters. The summed E-state index contributed by atoms with van der Waals surface area (Å²) in [5, 5.41) is 4.93. The van der Waals surface area contributed by atoms with Gasteiger partial charge in [-0.05, 0) is 29.8 Å². The van der Waals surface area contributed by atoms with Crippen molar-refractivity contribution in [2.24, 2.45) is 0 Å². The highest BCUT2D eigenvalue weighted by Crippen LogP contribution is 2.13. The number of hydrogen-bond donors (Lipinski definition) is 1. The van der Waals surface area contributed by atoms with Crippen LogP contribution in [0.2, 0.25) is 0 Å². The van der Waals surface area contributed by atoms with Gasteiger partial charge in [-0.2, -0.15) is 0 Å². The van der Waals surface area contributed by atoms with Crippen molar-refractivity contribution in [2.45, 2.75) is 6.54 Å². The summed E-state index contributed by atoms with van der Waals surface area (Å²) < 4.78 is 1.88. The van der Waals surface area contributed by atoms with Gasteiger partial charge < -0.3 is 4.57 Å². The van der Waals surface area contributed by atoms with Crippen LogP contribution < -0.4 is 10.9 Å². The number of amides is 1. The Morgan fingerprint density at radius 2 is 2.14 bits per heavy atom. The van der Waals surface area contributed by atoms with Gasteiger partial charge in [0.1, 0.15) is 13.5 Å². The zero-order valence-corrected chi connectivity index (χ0v) is 11.9. The third kappa shape index (κ3) is 3.20. The molecule has 0 saturated carbocycles. The molecule has 0 spiro atoms. The highest BCUT2D eigenvalue weighted by molar-refractivity contribution is 7.14. The lowest BCUT2D eigenvalue weighted by atomic mass is 10.1. The van der Waals surface area contributed by atoms with Crippen molar-refractivity contribution in [2.75, 3.05) is 5.32 Å². The minimum atomic E-state index is -0.205. The van der Waals surface area contributed by atoms with Gasteiger partial charge in [0.05, 0.1) is 0 Å². The predicted octanol–water partition coefficient (Wildman–Crippen LogP) is 1.43. The zero-order chi connectivity index (χ0) is 14.7. The first-order valence-corrected chi connectivity index (χ1v) is 7.17. The predicted molar refractivity (Wildman–Crippen MR) is 83.2 cm³/mol. The fraction of sp³-hybridized carbons (Fsp3) is 0.0714. The minimum Gasteiger partial charge on any atom is -0.339 e. The van der Waals surface area contributed by atoms with E-state index in [4.69, 9.17) is 7.85 Å². The van der Waals surface area contributed by atoms with Crippen molar-refractivity contribution in [3.8, 4) is 0 Å². The number of carbonyl (C=O) groups excluding carboxylic acids is 1. The fourth-order valence-electron chi connectivity index (χ4n) is 1.95. The largest absolute Gasteiger partial charge is 0.339 e. The van der Waals surface area contributed by atoms with E-state index in [1.54, 1.807) is 23.8 Å². The molecule has 1 amide bonds. The van der Waals surface area contributed by atoms with Crippen molar-refractivity contribution >= 4 is 35.8 Å². The second-order valence-corrected chi connectivity index (χ2v) is 5.27. The molecule has 5 nitrogen and oxygen atoms in total. The van der Waals surface area contributed by atoms with Crippen molar-refractivity contribution < 1.29 is 4.79 Å². The molecule has 102 valence electrons. The molecule has 3 heterocycles. The molecule has 0 aliphatic rings. The maximum absolute atomic E-state index is 12.3. The van der Waals surface area contributed by atoms with E-state index < -0.39 is 0 Å². The van der Waals surface area contributed by atoms with Crippen molar-refractivity contribution in [1.29, 1.82) is 0 Å². The van der Waals surface area contributed by atoms with Gasteiger partial charge in [-0.3, -0.25) is 15.1 Å². The van der Waals surface area contributed by atoms with Crippen molar-refractivity contribution in [3.63, 3.8) is 0 Å². The first kappa shape index (κ1) is 13.6. The summed E-state index contributed by atoms with van der Waals surface area (Å²) in [7, 11) is 5.54. The van der Waals surface area contributed by atoms with Crippen molar-refractivity contribution in [1.82, 2.24) is 14.5 Å². The molecule has 0 aromatic carbocycles. The van der Waals surface area contributed by atoms with E-state index in [0.717, 1.165) is 5.56 Å². The molecule has 0 atom stereocenters. The van der Waals surface area contributed by atoms with Gasteiger partial charge in [0, 0.05) is 36.1 Å². The van der Waals surface area contributed by atoms with Crippen LogP contribution in [0.15, 0.2) is 48.2 Å². The van der Waals surface area contributed by atoms with E-state index in [-0.39, 0.29) is 5.91 Å². The molecule has 0 bridgehead atoms. The van der Waals surface area contributed by atoms with E-state index in [1.165, 1.54) is 11.3 Å². The highest BCUT2D eigenvalue weighted by Gasteiger charge is 2.12. The number of nitrogens with one attached hydrogen (secondary N) is 1. The Morgan fingerprint density at radius 3 is 2.86 bits per heavy atom. The lowest BCUT2D eigenvalue weighted by Gasteiger charge is -2.08. The molecule has 0 fully saturated rings. The summed E-state index contributed by atoms with van der Waals surface area (Å²) in [5.74, 6) is -0.205. The lowest BCUT2D eigenvalue weighted by Crippen LogP contribution is -2.17. The number of anilines is 1. The summed E-state index contributed by atoms with van der Waals surface area (Å²) in [4.78, 5) is 20.3. The first-order valence-electron chi connectivity index (χ1n) is 6.29. The summed E-state index contributed by atoms with van der Waals surface area (Å²) in [5.41, 5.74) is 2.05. The Morgan fingerprint density at radius 1 is 1.33 bits per heavy atom. The maximum atomic E-state index is 12.3. The number of carbonyl (C=O) groups is 1. The van der Waals surface area contributed by atoms with Gasteiger partial charge in [0.15, 0.2) is 5.13 Å². The molecule has 2 radical (unpaired) electrons. The third-order valence-electron chi connectivity index (χ3n) is 2.91. The average molecular weight is 294 g/mol. The van der Waals surface area contributed by atoms with Crippen LogP contribution in [0.3, 0.4) is 0 Å². The molecule has 0 saturated heterocycles. The minimum absolute atomic E-state index is 0.205. The Labute approximate surface area is 127 Å². The standard InChI is InChI=1S/C14H11BN4OS/c15-12-9-21-14(17-12)18-13(20)11-2-1-7-19(11)8-10-3-5-16-6-4-10/h1-7,9H,8H2,(H,17,18,20). The molecular formula is C14H11BN4OS. The highest BCUT2D eigenvalue weighted by atomic mass is 32.1. The van der Waals surface area contributed by atoms with Crippen LogP contribution in [-0.2, 0) is 6.54 Å². The third-order valence-corrected chi connectivity index (χ3v) is 3.68. The number of nitrogens with zero attached hydrogens (tertiary/aromatic N) is 3. The maximum Gasteiger partial charge on any atom is 0.274 e. The smallest absolute Gasteiger partial charge is 0.274 e. The molecular weight excluding hydrogens is 283 g/mol. The molecule has 21 heavy (non-hydrogen) atoms. The Bertz CT molecular complexity index is 753. The van der Waals surface area contributed by atoms with E-state index in [2.05, 4.69) is 15.3 Å². The Balaban J connectivity index is 1.77. The summed E-state index contributed by atoms with van der Waals surface area (Å²) in [6.45, 7) is 0.609. The average Bonchev–Trinajstić information content (AvgIpc) is 3.09. The molecule has 0 aliphatic heterocycles. The van der Waals surface area contributed by atoms with E-state index in [1.807, 2.05) is 29.0 Å². The van der Waals surface area contributed by atoms with Gasteiger partial charge in [0.2, 0.25) is 0 Å². The van der Waals surface area contributed by atoms with Gasteiger partial charge in [-0.1, -0.05) is 0 Å². The molecule has 7 heteroatoms. The Kier molecular flexibility index (Phi) is 3.83. The van der Waals surface area contributed by atoms with Gasteiger partial charge in [0.25, 0.3) is 5.91 Å². The fourth-order valence-corrected chi connectivity index (χ4v) is 2.54. The summed E-state index contributed by atoms with van der Waals surface area (Å²) >= 11 is 1.30. The normalized spacial score (nSPS) is 10.5. The second kappa shape index (κ2) is 5.93. The first-order chi connectivity index (χ1) is 10.2. The quantitative estimate of drug-likeness (QED) is 0.741. The van der Waals surface area contributed by atoms with Crippen LogP contribution in [0.25, 0.3) is 0 Å².